The molecule has 0 saturated carbocycles. The molecule has 0 spiro atoms. The normalized spacial score (nSPS) is 17.8. The summed E-state index contributed by atoms with van der Waals surface area (Å²) in [4.78, 5) is 18.5. The third-order valence-corrected chi connectivity index (χ3v) is 3.73. The Bertz CT molecular complexity index is 640. The van der Waals surface area contributed by atoms with Crippen molar-refractivity contribution in [1.82, 2.24) is 10.3 Å². The molecule has 1 aromatic heterocycles. The van der Waals surface area contributed by atoms with Crippen LogP contribution in [-0.4, -0.2) is 30.0 Å². The average Bonchev–Trinajstić information content (AvgIpc) is 3.03. The first-order valence-corrected chi connectivity index (χ1v) is 7.51. The van der Waals surface area contributed by atoms with Crippen molar-refractivity contribution in [3.05, 3.63) is 66.4 Å². The Hall–Kier alpha value is -2.62. The van der Waals surface area contributed by atoms with Crippen molar-refractivity contribution in [3.63, 3.8) is 0 Å². The zero-order chi connectivity index (χ0) is 15.2. The molecule has 4 nitrogen and oxygen atoms in total. The van der Waals surface area contributed by atoms with Gasteiger partial charge in [0.25, 0.3) is 0 Å². The molecule has 1 saturated heterocycles. The Labute approximate surface area is 130 Å². The monoisotopic (exact) mass is 293 g/mol. The minimum Gasteiger partial charge on any atom is -0.354 e. The van der Waals surface area contributed by atoms with Gasteiger partial charge in [-0.1, -0.05) is 36.4 Å². The number of rotatable bonds is 4. The minimum absolute atomic E-state index is 0.0447. The zero-order valence-corrected chi connectivity index (χ0v) is 12.4. The first-order chi connectivity index (χ1) is 10.8. The van der Waals surface area contributed by atoms with E-state index in [-0.39, 0.29) is 11.9 Å². The van der Waals surface area contributed by atoms with Crippen molar-refractivity contribution in [2.24, 2.45) is 0 Å². The van der Waals surface area contributed by atoms with Crippen molar-refractivity contribution in [1.29, 1.82) is 0 Å². The zero-order valence-electron chi connectivity index (χ0n) is 12.4. The highest BCUT2D eigenvalue weighted by Crippen LogP contribution is 2.17. The van der Waals surface area contributed by atoms with E-state index in [2.05, 4.69) is 15.2 Å². The molecule has 3 rings (SSSR count). The topological polar surface area (TPSA) is 45.2 Å². The van der Waals surface area contributed by atoms with Crippen molar-refractivity contribution in [3.8, 4) is 0 Å². The molecule has 1 aromatic carbocycles. The predicted molar refractivity (Wildman–Crippen MR) is 88.5 cm³/mol. The molecule has 1 amide bonds. The quantitative estimate of drug-likeness (QED) is 0.881. The Morgan fingerprint density at radius 1 is 1.18 bits per heavy atom. The fourth-order valence-electron chi connectivity index (χ4n) is 2.61. The van der Waals surface area contributed by atoms with E-state index in [4.69, 9.17) is 0 Å². The van der Waals surface area contributed by atoms with Crippen LogP contribution in [0.25, 0.3) is 6.08 Å². The van der Waals surface area contributed by atoms with Crippen LogP contribution in [0.4, 0.5) is 5.82 Å². The van der Waals surface area contributed by atoms with Crippen LogP contribution in [0.2, 0.25) is 0 Å². The van der Waals surface area contributed by atoms with Crippen molar-refractivity contribution >= 4 is 17.8 Å². The lowest BCUT2D eigenvalue weighted by atomic mass is 10.2. The molecule has 1 fully saturated rings. The summed E-state index contributed by atoms with van der Waals surface area (Å²) in [5.41, 5.74) is 1.03. The highest BCUT2D eigenvalue weighted by Gasteiger charge is 2.23. The van der Waals surface area contributed by atoms with Gasteiger partial charge in [-0.15, -0.1) is 0 Å². The van der Waals surface area contributed by atoms with Crippen LogP contribution in [0.15, 0.2) is 60.8 Å². The van der Waals surface area contributed by atoms with Gasteiger partial charge in [-0.3, -0.25) is 4.79 Å². The van der Waals surface area contributed by atoms with E-state index in [9.17, 15) is 4.79 Å². The van der Waals surface area contributed by atoms with Gasteiger partial charge in [0.2, 0.25) is 5.91 Å². The van der Waals surface area contributed by atoms with E-state index in [1.807, 2.05) is 54.6 Å². The third kappa shape index (κ3) is 3.73. The molecule has 112 valence electrons. The number of anilines is 1. The fraction of sp³-hybridized carbons (Fsp3) is 0.222. The van der Waals surface area contributed by atoms with E-state index in [1.165, 1.54) is 0 Å². The second kappa shape index (κ2) is 6.89. The smallest absolute Gasteiger partial charge is 0.244 e. The summed E-state index contributed by atoms with van der Waals surface area (Å²) < 4.78 is 0. The molecule has 0 aliphatic carbocycles. The first kappa shape index (κ1) is 14.3. The molecule has 1 atom stereocenters. The highest BCUT2D eigenvalue weighted by molar-refractivity contribution is 5.92. The van der Waals surface area contributed by atoms with Crippen molar-refractivity contribution < 1.29 is 4.79 Å². The van der Waals surface area contributed by atoms with Gasteiger partial charge in [0, 0.05) is 31.4 Å². The number of nitrogens with zero attached hydrogens (tertiary/aromatic N) is 2. The number of hydrogen-bond donors (Lipinski definition) is 1. The lowest BCUT2D eigenvalue weighted by molar-refractivity contribution is -0.117. The van der Waals surface area contributed by atoms with Gasteiger partial charge < -0.3 is 10.2 Å². The van der Waals surface area contributed by atoms with Gasteiger partial charge in [-0.2, -0.15) is 0 Å². The van der Waals surface area contributed by atoms with E-state index >= 15 is 0 Å². The van der Waals surface area contributed by atoms with Crippen LogP contribution >= 0.6 is 0 Å². The standard InChI is InChI=1S/C18H19N3O/c22-18(10-9-15-6-2-1-3-7-15)20-16-11-13-21(14-16)17-8-4-5-12-19-17/h1-10,12,16H,11,13-14H2,(H,20,22)/b10-9+. The van der Waals surface area contributed by atoms with Gasteiger partial charge in [0.1, 0.15) is 5.82 Å². The molecule has 1 aliphatic rings. The van der Waals surface area contributed by atoms with Gasteiger partial charge >= 0.3 is 0 Å². The van der Waals surface area contributed by atoms with Crippen LogP contribution in [0.1, 0.15) is 12.0 Å². The Morgan fingerprint density at radius 3 is 2.77 bits per heavy atom. The molecule has 22 heavy (non-hydrogen) atoms. The van der Waals surface area contributed by atoms with Gasteiger partial charge in [0.15, 0.2) is 0 Å². The van der Waals surface area contributed by atoms with Crippen molar-refractivity contribution in [2.75, 3.05) is 18.0 Å². The number of aromatic nitrogens is 1. The maximum Gasteiger partial charge on any atom is 0.244 e. The summed E-state index contributed by atoms with van der Waals surface area (Å²) in [5, 5.41) is 3.05. The van der Waals surface area contributed by atoms with Gasteiger partial charge in [0.05, 0.1) is 0 Å². The van der Waals surface area contributed by atoms with E-state index < -0.39 is 0 Å². The maximum absolute atomic E-state index is 12.0. The minimum atomic E-state index is -0.0447. The molecule has 0 radical (unpaired) electrons. The Kier molecular flexibility index (Phi) is 4.49. The van der Waals surface area contributed by atoms with Crippen molar-refractivity contribution in [2.45, 2.75) is 12.5 Å². The predicted octanol–water partition coefficient (Wildman–Crippen LogP) is 2.49. The summed E-state index contributed by atoms with van der Waals surface area (Å²) in [6.45, 7) is 1.73. The van der Waals surface area contributed by atoms with E-state index in [1.54, 1.807) is 12.3 Å². The number of carbonyl (C=O) groups is 1. The van der Waals surface area contributed by atoms with E-state index in [0.717, 1.165) is 30.9 Å². The number of amides is 1. The molecule has 2 aromatic rings. The van der Waals surface area contributed by atoms with Crippen LogP contribution in [0, 0.1) is 0 Å². The molecular weight excluding hydrogens is 274 g/mol. The van der Waals surface area contributed by atoms with E-state index in [0.29, 0.717) is 0 Å². The third-order valence-electron chi connectivity index (χ3n) is 3.73. The lowest BCUT2D eigenvalue weighted by Gasteiger charge is -2.17. The molecule has 2 heterocycles. The number of carbonyl (C=O) groups excluding carboxylic acids is 1. The average molecular weight is 293 g/mol. The SMILES string of the molecule is O=C(/C=C/c1ccccc1)NC1CCN(c2ccccn2)C1. The second-order valence-electron chi connectivity index (χ2n) is 5.37. The largest absolute Gasteiger partial charge is 0.354 e. The van der Waals surface area contributed by atoms with Crippen LogP contribution < -0.4 is 10.2 Å². The Morgan fingerprint density at radius 2 is 2.00 bits per heavy atom. The highest BCUT2D eigenvalue weighted by atomic mass is 16.1. The number of benzene rings is 1. The molecule has 1 aliphatic heterocycles. The van der Waals surface area contributed by atoms with Gasteiger partial charge in [-0.25, -0.2) is 4.98 Å². The van der Waals surface area contributed by atoms with Crippen LogP contribution in [-0.2, 0) is 4.79 Å². The molecule has 0 bridgehead atoms. The fourth-order valence-corrected chi connectivity index (χ4v) is 2.61. The second-order valence-corrected chi connectivity index (χ2v) is 5.37. The van der Waals surface area contributed by atoms with Crippen LogP contribution in [0.5, 0.6) is 0 Å². The van der Waals surface area contributed by atoms with Gasteiger partial charge in [-0.05, 0) is 30.2 Å². The molecular formula is C18H19N3O. The maximum atomic E-state index is 12.0. The molecule has 1 N–H and O–H groups in total. The number of nitrogens with one attached hydrogen (secondary N) is 1. The molecule has 1 unspecified atom stereocenters. The summed E-state index contributed by atoms with van der Waals surface area (Å²) in [5.74, 6) is 0.927. The summed E-state index contributed by atoms with van der Waals surface area (Å²) in [6.07, 6.45) is 6.17. The van der Waals surface area contributed by atoms with Crippen LogP contribution in [0.3, 0.4) is 0 Å². The molecule has 4 heteroatoms. The number of hydrogen-bond acceptors (Lipinski definition) is 3. The summed E-state index contributed by atoms with van der Waals surface area (Å²) >= 11 is 0. The summed E-state index contributed by atoms with van der Waals surface area (Å²) in [7, 11) is 0. The lowest BCUT2D eigenvalue weighted by Crippen LogP contribution is -2.36. The number of pyridine rings is 1. The first-order valence-electron chi connectivity index (χ1n) is 7.51. The Balaban J connectivity index is 1.52. The summed E-state index contributed by atoms with van der Waals surface area (Å²) in [6, 6.07) is 15.9.